The second-order valence-electron chi connectivity index (χ2n) is 9.68. The molecule has 1 fully saturated rings. The van der Waals surface area contributed by atoms with Crippen molar-refractivity contribution >= 4 is 29.2 Å². The monoisotopic (exact) mass is 491 g/mol. The molecule has 0 saturated carbocycles. The van der Waals surface area contributed by atoms with E-state index >= 15 is 0 Å². The van der Waals surface area contributed by atoms with E-state index in [1.807, 2.05) is 47.1 Å². The lowest BCUT2D eigenvalue weighted by Crippen LogP contribution is -2.52. The van der Waals surface area contributed by atoms with Crippen LogP contribution in [0, 0.1) is 12.8 Å². The highest BCUT2D eigenvalue weighted by Gasteiger charge is 2.47. The second-order valence-corrected chi connectivity index (χ2v) is 10.1. The molecule has 0 aliphatic carbocycles. The topological polar surface area (TPSA) is 70.5 Å². The average Bonchev–Trinajstić information content (AvgIpc) is 3.36. The van der Waals surface area contributed by atoms with Crippen LogP contribution in [0.5, 0.6) is 0 Å². The molecule has 2 atom stereocenters. The highest BCUT2D eigenvalue weighted by atomic mass is 35.5. The van der Waals surface area contributed by atoms with Crippen LogP contribution in [-0.4, -0.2) is 50.6 Å². The van der Waals surface area contributed by atoms with Gasteiger partial charge >= 0.3 is 6.03 Å². The van der Waals surface area contributed by atoms with Crippen molar-refractivity contribution in [2.45, 2.75) is 45.7 Å². The first kappa shape index (κ1) is 23.4. The van der Waals surface area contributed by atoms with Crippen molar-refractivity contribution in [3.05, 3.63) is 76.6 Å². The summed E-state index contributed by atoms with van der Waals surface area (Å²) >= 11 is 5.97. The summed E-state index contributed by atoms with van der Waals surface area (Å²) in [6.07, 6.45) is 1.70. The number of likely N-dealkylation sites (tertiary alicyclic amines) is 1. The second kappa shape index (κ2) is 9.38. The number of carbonyl (C=O) groups excluding carboxylic acids is 2. The summed E-state index contributed by atoms with van der Waals surface area (Å²) in [4.78, 5) is 30.8. The van der Waals surface area contributed by atoms with Crippen LogP contribution in [0.2, 0.25) is 5.02 Å². The number of fused-ring (bicyclic) bond motifs is 1. The minimum Gasteiger partial charge on any atom is -0.325 e. The molecule has 0 bridgehead atoms. The number of aromatic nitrogens is 2. The van der Waals surface area contributed by atoms with Crippen LogP contribution in [0.1, 0.15) is 54.5 Å². The van der Waals surface area contributed by atoms with E-state index in [9.17, 15) is 9.59 Å². The summed E-state index contributed by atoms with van der Waals surface area (Å²) in [6.45, 7) is 7.43. The van der Waals surface area contributed by atoms with Gasteiger partial charge in [0.05, 0.1) is 23.5 Å². The van der Waals surface area contributed by atoms with Gasteiger partial charge in [0, 0.05) is 29.4 Å². The maximum atomic E-state index is 14.0. The highest BCUT2D eigenvalue weighted by molar-refractivity contribution is 6.30. The van der Waals surface area contributed by atoms with Gasteiger partial charge in [-0.3, -0.25) is 4.79 Å². The zero-order valence-corrected chi connectivity index (χ0v) is 21.0. The zero-order chi connectivity index (χ0) is 24.7. The molecule has 1 saturated heterocycles. The number of anilines is 1. The SMILES string of the molecule is Cc1nn(-c2ccccc2)c2c1C(C(C)C)N(C1CCCN(C(=O)Nc3ccc(Cl)cc3)C1)C2=O. The van der Waals surface area contributed by atoms with Crippen molar-refractivity contribution in [1.82, 2.24) is 19.6 Å². The molecule has 0 spiro atoms. The maximum absolute atomic E-state index is 14.0. The molecule has 3 aromatic rings. The van der Waals surface area contributed by atoms with E-state index in [2.05, 4.69) is 19.2 Å². The Hall–Kier alpha value is -3.32. The lowest BCUT2D eigenvalue weighted by molar-refractivity contribution is 0.0431. The molecule has 2 aliphatic heterocycles. The molecule has 35 heavy (non-hydrogen) atoms. The van der Waals surface area contributed by atoms with E-state index in [-0.39, 0.29) is 29.9 Å². The van der Waals surface area contributed by atoms with Crippen LogP contribution < -0.4 is 5.32 Å². The molecule has 7 nitrogen and oxygen atoms in total. The summed E-state index contributed by atoms with van der Waals surface area (Å²) in [5.41, 5.74) is 4.12. The van der Waals surface area contributed by atoms with Crippen LogP contribution in [0.3, 0.4) is 0 Å². The Morgan fingerprint density at radius 3 is 2.51 bits per heavy atom. The number of nitrogens with one attached hydrogen (secondary N) is 1. The number of urea groups is 1. The number of rotatable bonds is 4. The van der Waals surface area contributed by atoms with Crippen LogP contribution in [-0.2, 0) is 0 Å². The smallest absolute Gasteiger partial charge is 0.321 e. The number of halogens is 1. The number of hydrogen-bond acceptors (Lipinski definition) is 3. The molecule has 3 amide bonds. The number of amides is 3. The predicted molar refractivity (Wildman–Crippen MR) is 137 cm³/mol. The number of para-hydroxylation sites is 1. The number of aryl methyl sites for hydroxylation is 1. The first-order valence-electron chi connectivity index (χ1n) is 12.1. The fourth-order valence-electron chi connectivity index (χ4n) is 5.39. The predicted octanol–water partition coefficient (Wildman–Crippen LogP) is 5.68. The molecular formula is C27H30ClN5O2. The van der Waals surface area contributed by atoms with Crippen molar-refractivity contribution in [3.63, 3.8) is 0 Å². The van der Waals surface area contributed by atoms with Crippen LogP contribution in [0.15, 0.2) is 54.6 Å². The van der Waals surface area contributed by atoms with Gasteiger partial charge in [0.2, 0.25) is 0 Å². The largest absolute Gasteiger partial charge is 0.325 e. The third-order valence-corrected chi connectivity index (χ3v) is 7.20. The lowest BCUT2D eigenvalue weighted by Gasteiger charge is -2.41. The van der Waals surface area contributed by atoms with Gasteiger partial charge in [-0.1, -0.05) is 43.6 Å². The maximum Gasteiger partial charge on any atom is 0.321 e. The number of nitrogens with zero attached hydrogens (tertiary/aromatic N) is 4. The number of benzene rings is 2. The van der Waals surface area contributed by atoms with Crippen molar-refractivity contribution in [2.75, 3.05) is 18.4 Å². The van der Waals surface area contributed by atoms with Crippen molar-refractivity contribution in [2.24, 2.45) is 5.92 Å². The molecule has 182 valence electrons. The standard InChI is InChI=1S/C27H30ClN5O2/c1-17(2)24-23-18(3)30-33(21-8-5-4-6-9-21)25(23)26(34)32(24)22-10-7-15-31(16-22)27(35)29-20-13-11-19(28)12-14-20/h4-6,8-9,11-14,17,22,24H,7,10,15-16H2,1-3H3,(H,29,35). The zero-order valence-electron chi connectivity index (χ0n) is 20.2. The average molecular weight is 492 g/mol. The Balaban J connectivity index is 1.42. The highest BCUT2D eigenvalue weighted by Crippen LogP contribution is 2.43. The number of piperidine rings is 1. The van der Waals surface area contributed by atoms with Crippen LogP contribution in [0.25, 0.3) is 5.69 Å². The van der Waals surface area contributed by atoms with Crippen molar-refractivity contribution in [3.8, 4) is 5.69 Å². The van der Waals surface area contributed by atoms with E-state index in [0.29, 0.717) is 29.5 Å². The molecule has 2 unspecified atom stereocenters. The third-order valence-electron chi connectivity index (χ3n) is 6.94. The molecule has 1 aromatic heterocycles. The fourth-order valence-corrected chi connectivity index (χ4v) is 5.52. The summed E-state index contributed by atoms with van der Waals surface area (Å²) in [6, 6.07) is 16.6. The minimum absolute atomic E-state index is 0.00638. The Kier molecular flexibility index (Phi) is 6.28. The van der Waals surface area contributed by atoms with Crippen LogP contribution >= 0.6 is 11.6 Å². The van der Waals surface area contributed by atoms with Gasteiger partial charge in [0.1, 0.15) is 5.69 Å². The molecule has 3 heterocycles. The minimum atomic E-state index is -0.158. The lowest BCUT2D eigenvalue weighted by atomic mass is 9.94. The van der Waals surface area contributed by atoms with Crippen molar-refractivity contribution < 1.29 is 9.59 Å². The van der Waals surface area contributed by atoms with Gasteiger partial charge in [-0.15, -0.1) is 0 Å². The van der Waals surface area contributed by atoms with E-state index in [1.54, 1.807) is 28.9 Å². The quantitative estimate of drug-likeness (QED) is 0.510. The summed E-state index contributed by atoms with van der Waals surface area (Å²) in [5, 5.41) is 8.33. The number of carbonyl (C=O) groups is 2. The summed E-state index contributed by atoms with van der Waals surface area (Å²) < 4.78 is 1.79. The molecular weight excluding hydrogens is 462 g/mol. The van der Waals surface area contributed by atoms with Gasteiger partial charge in [0.15, 0.2) is 0 Å². The van der Waals surface area contributed by atoms with Gasteiger partial charge in [-0.05, 0) is 62.1 Å². The summed E-state index contributed by atoms with van der Waals surface area (Å²) in [5.74, 6) is 0.207. The first-order valence-corrected chi connectivity index (χ1v) is 12.5. The normalized spacial score (nSPS) is 19.9. The Morgan fingerprint density at radius 2 is 1.83 bits per heavy atom. The molecule has 0 radical (unpaired) electrons. The van der Waals surface area contributed by atoms with Crippen molar-refractivity contribution in [1.29, 1.82) is 0 Å². The molecule has 2 aromatic carbocycles. The van der Waals surface area contributed by atoms with Gasteiger partial charge in [-0.25, -0.2) is 9.48 Å². The van der Waals surface area contributed by atoms with Gasteiger partial charge < -0.3 is 15.1 Å². The van der Waals surface area contributed by atoms with E-state index in [0.717, 1.165) is 29.8 Å². The molecule has 5 rings (SSSR count). The van der Waals surface area contributed by atoms with Gasteiger partial charge in [0.25, 0.3) is 5.91 Å². The number of hydrogen-bond donors (Lipinski definition) is 1. The van der Waals surface area contributed by atoms with Gasteiger partial charge in [-0.2, -0.15) is 5.10 Å². The summed E-state index contributed by atoms with van der Waals surface area (Å²) in [7, 11) is 0. The third kappa shape index (κ3) is 4.29. The molecule has 1 N–H and O–H groups in total. The Bertz CT molecular complexity index is 1240. The van der Waals surface area contributed by atoms with Crippen LogP contribution in [0.4, 0.5) is 10.5 Å². The Morgan fingerprint density at radius 1 is 1.11 bits per heavy atom. The fraction of sp³-hybridized carbons (Fsp3) is 0.370. The Labute approximate surface area is 210 Å². The van der Waals surface area contributed by atoms with E-state index in [1.165, 1.54) is 0 Å². The van der Waals surface area contributed by atoms with E-state index in [4.69, 9.17) is 16.7 Å². The molecule has 2 aliphatic rings. The van der Waals surface area contributed by atoms with E-state index < -0.39 is 0 Å². The molecule has 8 heteroatoms. The first-order chi connectivity index (χ1) is 16.8.